The fourth-order valence-electron chi connectivity index (χ4n) is 1.74. The maximum Gasteiger partial charge on any atom is 0.328 e. The number of carbonyl (C=O) groups excluding carboxylic acids is 1. The molecule has 1 rings (SSSR count). The van der Waals surface area contributed by atoms with Crippen LogP contribution in [0.3, 0.4) is 0 Å². The van der Waals surface area contributed by atoms with Crippen molar-refractivity contribution in [3.63, 3.8) is 0 Å². The van der Waals surface area contributed by atoms with Gasteiger partial charge in [-0.3, -0.25) is 0 Å². The van der Waals surface area contributed by atoms with Gasteiger partial charge in [0, 0.05) is 0 Å². The molecular weight excluding hydrogens is 262 g/mol. The van der Waals surface area contributed by atoms with E-state index in [0.717, 1.165) is 30.5 Å². The van der Waals surface area contributed by atoms with Gasteiger partial charge in [0.1, 0.15) is 6.04 Å². The number of nitrogens with one attached hydrogen (secondary N) is 1. The second-order valence-electron chi connectivity index (χ2n) is 4.51. The molecule has 0 bridgehead atoms. The first kappa shape index (κ1) is 15.8. The van der Waals surface area contributed by atoms with Crippen LogP contribution in [-0.4, -0.2) is 18.6 Å². The number of benzene rings is 1. The summed E-state index contributed by atoms with van der Waals surface area (Å²) < 4.78 is 5.19. The molecule has 0 saturated carbocycles. The molecule has 0 spiro atoms. The number of hydrogen-bond acceptors (Lipinski definition) is 3. The summed E-state index contributed by atoms with van der Waals surface area (Å²) in [5, 5.41) is 3.78. The zero-order valence-corrected chi connectivity index (χ0v) is 12.6. The van der Waals surface area contributed by atoms with Gasteiger partial charge in [-0.25, -0.2) is 4.79 Å². The lowest BCUT2D eigenvalue weighted by Crippen LogP contribution is -2.29. The van der Waals surface area contributed by atoms with Crippen molar-refractivity contribution in [2.24, 2.45) is 0 Å². The Kier molecular flexibility index (Phi) is 6.71. The highest BCUT2D eigenvalue weighted by atomic mass is 35.5. The minimum absolute atomic E-state index is 0.240. The Morgan fingerprint density at radius 2 is 2.16 bits per heavy atom. The number of anilines is 1. The van der Waals surface area contributed by atoms with Crippen LogP contribution in [0.15, 0.2) is 18.2 Å². The van der Waals surface area contributed by atoms with Gasteiger partial charge in [0.25, 0.3) is 0 Å². The molecule has 106 valence electrons. The number of hydrogen-bond donors (Lipinski definition) is 1. The summed E-state index contributed by atoms with van der Waals surface area (Å²) in [6, 6.07) is 5.33. The summed E-state index contributed by atoms with van der Waals surface area (Å²) in [7, 11) is 0. The molecule has 0 saturated heterocycles. The lowest BCUT2D eigenvalue weighted by atomic mass is 10.1. The Labute approximate surface area is 120 Å². The van der Waals surface area contributed by atoms with Crippen molar-refractivity contribution < 1.29 is 9.53 Å². The molecule has 0 aliphatic rings. The second kappa shape index (κ2) is 8.05. The zero-order chi connectivity index (χ0) is 14.3. The van der Waals surface area contributed by atoms with Gasteiger partial charge in [0.05, 0.1) is 17.3 Å². The molecule has 0 fully saturated rings. The van der Waals surface area contributed by atoms with Gasteiger partial charge in [0.15, 0.2) is 0 Å². The van der Waals surface area contributed by atoms with E-state index in [-0.39, 0.29) is 5.97 Å². The molecule has 0 aromatic heterocycles. The van der Waals surface area contributed by atoms with Crippen molar-refractivity contribution in [2.75, 3.05) is 11.9 Å². The molecule has 3 nitrogen and oxygen atoms in total. The number of unbranched alkanes of at least 4 members (excludes halogenated alkanes) is 1. The Bertz CT molecular complexity index is 421. The fraction of sp³-hybridized carbons (Fsp3) is 0.533. The average molecular weight is 284 g/mol. The maximum absolute atomic E-state index is 11.8. The van der Waals surface area contributed by atoms with Gasteiger partial charge in [-0.15, -0.1) is 0 Å². The quantitative estimate of drug-likeness (QED) is 0.606. The van der Waals surface area contributed by atoms with Gasteiger partial charge in [-0.2, -0.15) is 0 Å². The van der Waals surface area contributed by atoms with Crippen molar-refractivity contribution in [3.05, 3.63) is 28.8 Å². The number of esters is 1. The van der Waals surface area contributed by atoms with Crippen LogP contribution in [0.4, 0.5) is 5.69 Å². The smallest absolute Gasteiger partial charge is 0.328 e. The Balaban J connectivity index is 2.66. The van der Waals surface area contributed by atoms with Crippen molar-refractivity contribution >= 4 is 23.3 Å². The molecule has 1 N–H and O–H groups in total. The molecule has 19 heavy (non-hydrogen) atoms. The van der Waals surface area contributed by atoms with Gasteiger partial charge in [-0.1, -0.05) is 44.0 Å². The Hall–Kier alpha value is -1.22. The highest BCUT2D eigenvalue weighted by Gasteiger charge is 2.16. The number of rotatable bonds is 7. The molecule has 4 heteroatoms. The lowest BCUT2D eigenvalue weighted by Gasteiger charge is -2.18. The monoisotopic (exact) mass is 283 g/mol. The molecular formula is C15H22ClNO2. The van der Waals surface area contributed by atoms with E-state index in [0.29, 0.717) is 11.6 Å². The van der Waals surface area contributed by atoms with Crippen molar-refractivity contribution in [1.29, 1.82) is 0 Å². The molecule has 0 radical (unpaired) electrons. The third kappa shape index (κ3) is 4.75. The Morgan fingerprint density at radius 1 is 1.42 bits per heavy atom. The molecule has 0 unspecified atom stereocenters. The first-order valence-corrected chi connectivity index (χ1v) is 7.18. The first-order valence-electron chi connectivity index (χ1n) is 6.80. The molecule has 0 amide bonds. The van der Waals surface area contributed by atoms with E-state index in [9.17, 15) is 4.79 Å². The summed E-state index contributed by atoms with van der Waals surface area (Å²) in [5.41, 5.74) is 1.92. The molecule has 1 aromatic rings. The third-order valence-electron chi connectivity index (χ3n) is 2.94. The van der Waals surface area contributed by atoms with Gasteiger partial charge < -0.3 is 10.1 Å². The van der Waals surface area contributed by atoms with Crippen molar-refractivity contribution in [3.8, 4) is 0 Å². The number of carbonyl (C=O) groups is 1. The van der Waals surface area contributed by atoms with Crippen molar-refractivity contribution in [1.82, 2.24) is 0 Å². The number of ether oxygens (including phenoxy) is 1. The highest BCUT2D eigenvalue weighted by molar-refractivity contribution is 6.33. The molecule has 1 aromatic carbocycles. The largest absolute Gasteiger partial charge is 0.464 e. The van der Waals surface area contributed by atoms with Crippen LogP contribution in [0.25, 0.3) is 0 Å². The van der Waals surface area contributed by atoms with Crippen molar-refractivity contribution in [2.45, 2.75) is 46.1 Å². The number of aryl methyl sites for hydroxylation is 1. The highest BCUT2D eigenvalue weighted by Crippen LogP contribution is 2.27. The normalized spacial score (nSPS) is 12.0. The number of halogens is 1. The molecule has 1 atom stereocenters. The van der Waals surface area contributed by atoms with E-state index in [1.54, 1.807) is 6.92 Å². The first-order chi connectivity index (χ1) is 9.10. The maximum atomic E-state index is 11.8. The SMILES string of the molecule is CCCCOC(=O)[C@H](C)Nc1c(Cl)cccc1CC. The standard InChI is InChI=1S/C15H22ClNO2/c1-4-6-10-19-15(18)11(3)17-14-12(5-2)8-7-9-13(14)16/h7-9,11,17H,4-6,10H2,1-3H3/t11-/m0/s1. The van der Waals surface area contributed by atoms with Crippen LogP contribution in [0.2, 0.25) is 5.02 Å². The van der Waals surface area contributed by atoms with Gasteiger partial charge in [-0.05, 0) is 31.4 Å². The van der Waals surface area contributed by atoms with E-state index in [1.807, 2.05) is 18.2 Å². The minimum Gasteiger partial charge on any atom is -0.464 e. The van der Waals surface area contributed by atoms with E-state index < -0.39 is 6.04 Å². The zero-order valence-electron chi connectivity index (χ0n) is 11.8. The Morgan fingerprint density at radius 3 is 2.79 bits per heavy atom. The van der Waals surface area contributed by atoms with Crippen LogP contribution in [0, 0.1) is 0 Å². The van der Waals surface area contributed by atoms with Gasteiger partial charge in [0.2, 0.25) is 0 Å². The van der Waals surface area contributed by atoms with Crippen LogP contribution < -0.4 is 5.32 Å². The lowest BCUT2D eigenvalue weighted by molar-refractivity contribution is -0.144. The van der Waals surface area contributed by atoms with Crippen LogP contribution in [0.5, 0.6) is 0 Å². The van der Waals surface area contributed by atoms with Crippen LogP contribution in [-0.2, 0) is 16.0 Å². The summed E-state index contributed by atoms with van der Waals surface area (Å²) in [6.07, 6.45) is 2.77. The summed E-state index contributed by atoms with van der Waals surface area (Å²) >= 11 is 6.17. The topological polar surface area (TPSA) is 38.3 Å². The molecule has 0 aliphatic heterocycles. The summed E-state index contributed by atoms with van der Waals surface area (Å²) in [5.74, 6) is -0.240. The molecule has 0 aliphatic carbocycles. The average Bonchev–Trinajstić information content (AvgIpc) is 2.41. The van der Waals surface area contributed by atoms with E-state index in [1.165, 1.54) is 0 Å². The number of para-hydroxylation sites is 1. The van der Waals surface area contributed by atoms with E-state index in [4.69, 9.17) is 16.3 Å². The molecule has 0 heterocycles. The van der Waals surface area contributed by atoms with Crippen LogP contribution in [0.1, 0.15) is 39.2 Å². The van der Waals surface area contributed by atoms with Gasteiger partial charge >= 0.3 is 5.97 Å². The predicted molar refractivity (Wildman–Crippen MR) is 79.8 cm³/mol. The predicted octanol–water partition coefficient (Wildman–Crippen LogP) is 4.05. The second-order valence-corrected chi connectivity index (χ2v) is 4.92. The third-order valence-corrected chi connectivity index (χ3v) is 3.25. The van der Waals surface area contributed by atoms with E-state index >= 15 is 0 Å². The minimum atomic E-state index is -0.401. The van der Waals surface area contributed by atoms with E-state index in [2.05, 4.69) is 19.2 Å². The fourth-order valence-corrected chi connectivity index (χ4v) is 1.99. The van der Waals surface area contributed by atoms with Crippen LogP contribution >= 0.6 is 11.6 Å². The summed E-state index contributed by atoms with van der Waals surface area (Å²) in [4.78, 5) is 11.8. The summed E-state index contributed by atoms with van der Waals surface area (Å²) in [6.45, 7) is 6.38.